The monoisotopic (exact) mass is 219 g/mol. The molecule has 0 atom stereocenters. The fraction of sp³-hybridized carbons (Fsp3) is 0.182. The van der Waals surface area contributed by atoms with Gasteiger partial charge in [-0.05, 0) is 25.1 Å². The molecule has 0 aromatic carbocycles. The molecule has 0 fully saturated rings. The normalized spacial score (nSPS) is 10.3. The summed E-state index contributed by atoms with van der Waals surface area (Å²) in [4.78, 5) is 12.8. The maximum Gasteiger partial charge on any atom is 0.178 e. The lowest BCUT2D eigenvalue weighted by Crippen LogP contribution is -1.95. The van der Waals surface area contributed by atoms with E-state index in [1.54, 1.807) is 12.3 Å². The van der Waals surface area contributed by atoms with Crippen LogP contribution in [0.15, 0.2) is 30.5 Å². The maximum absolute atomic E-state index is 5.71. The molecule has 2 heterocycles. The molecule has 0 saturated carbocycles. The van der Waals surface area contributed by atoms with Crippen molar-refractivity contribution >= 4 is 11.6 Å². The van der Waals surface area contributed by atoms with Crippen LogP contribution in [-0.2, 0) is 5.88 Å². The smallest absolute Gasteiger partial charge is 0.178 e. The summed E-state index contributed by atoms with van der Waals surface area (Å²) in [5.74, 6) is 1.01. The third-order valence-corrected chi connectivity index (χ3v) is 2.24. The molecular formula is C11H10ClN3. The number of nitrogens with zero attached hydrogens (tertiary/aromatic N) is 3. The summed E-state index contributed by atoms with van der Waals surface area (Å²) in [6.07, 6.45) is 1.70. The van der Waals surface area contributed by atoms with Gasteiger partial charge in [0, 0.05) is 11.9 Å². The first-order chi connectivity index (χ1) is 7.29. The fourth-order valence-corrected chi connectivity index (χ4v) is 1.41. The lowest BCUT2D eigenvalue weighted by molar-refractivity contribution is 1.06. The van der Waals surface area contributed by atoms with E-state index in [4.69, 9.17) is 11.6 Å². The van der Waals surface area contributed by atoms with Gasteiger partial charge >= 0.3 is 0 Å². The Morgan fingerprint density at radius 1 is 1.20 bits per heavy atom. The summed E-state index contributed by atoms with van der Waals surface area (Å²) >= 11 is 5.71. The van der Waals surface area contributed by atoms with Crippen LogP contribution >= 0.6 is 11.6 Å². The van der Waals surface area contributed by atoms with Crippen LogP contribution < -0.4 is 0 Å². The van der Waals surface area contributed by atoms with Crippen molar-refractivity contribution < 1.29 is 0 Å². The number of hydrogen-bond donors (Lipinski definition) is 0. The van der Waals surface area contributed by atoms with Crippen LogP contribution in [0.25, 0.3) is 11.5 Å². The Morgan fingerprint density at radius 2 is 2.07 bits per heavy atom. The topological polar surface area (TPSA) is 38.7 Å². The number of aromatic nitrogens is 3. The zero-order chi connectivity index (χ0) is 10.7. The van der Waals surface area contributed by atoms with Crippen molar-refractivity contribution in [2.75, 3.05) is 0 Å². The third kappa shape index (κ3) is 2.30. The molecular weight excluding hydrogens is 210 g/mol. The molecule has 2 aromatic heterocycles. The molecule has 2 rings (SSSR count). The van der Waals surface area contributed by atoms with Gasteiger partial charge < -0.3 is 0 Å². The predicted molar refractivity (Wildman–Crippen MR) is 59.6 cm³/mol. The van der Waals surface area contributed by atoms with Gasteiger partial charge in [-0.25, -0.2) is 15.0 Å². The lowest BCUT2D eigenvalue weighted by atomic mass is 10.3. The van der Waals surface area contributed by atoms with Crippen LogP contribution in [-0.4, -0.2) is 15.0 Å². The van der Waals surface area contributed by atoms with Gasteiger partial charge in [0.1, 0.15) is 5.69 Å². The van der Waals surface area contributed by atoms with Gasteiger partial charge in [0.25, 0.3) is 0 Å². The van der Waals surface area contributed by atoms with Gasteiger partial charge in [-0.2, -0.15) is 0 Å². The number of pyridine rings is 1. The predicted octanol–water partition coefficient (Wildman–Crippen LogP) is 2.59. The number of halogens is 1. The first kappa shape index (κ1) is 10.1. The molecule has 0 N–H and O–H groups in total. The maximum atomic E-state index is 5.71. The second-order valence-electron chi connectivity index (χ2n) is 3.17. The van der Waals surface area contributed by atoms with Crippen molar-refractivity contribution in [2.45, 2.75) is 12.8 Å². The van der Waals surface area contributed by atoms with Gasteiger partial charge in [0.15, 0.2) is 5.82 Å². The van der Waals surface area contributed by atoms with Gasteiger partial charge in [-0.3, -0.25) is 0 Å². The van der Waals surface area contributed by atoms with Crippen LogP contribution in [0, 0.1) is 6.92 Å². The quantitative estimate of drug-likeness (QED) is 0.729. The van der Waals surface area contributed by atoms with Crippen molar-refractivity contribution in [3.8, 4) is 11.5 Å². The second-order valence-corrected chi connectivity index (χ2v) is 3.44. The highest BCUT2D eigenvalue weighted by Gasteiger charge is 2.03. The first-order valence-corrected chi connectivity index (χ1v) is 5.15. The molecule has 0 bridgehead atoms. The Balaban J connectivity index is 2.44. The van der Waals surface area contributed by atoms with E-state index in [-0.39, 0.29) is 0 Å². The largest absolute Gasteiger partial charge is 0.250 e. The summed E-state index contributed by atoms with van der Waals surface area (Å²) in [7, 11) is 0. The lowest BCUT2D eigenvalue weighted by Gasteiger charge is -2.01. The van der Waals surface area contributed by atoms with E-state index in [0.717, 1.165) is 17.1 Å². The number of hydrogen-bond acceptors (Lipinski definition) is 3. The molecule has 0 spiro atoms. The van der Waals surface area contributed by atoms with Crippen LogP contribution in [0.1, 0.15) is 11.4 Å². The van der Waals surface area contributed by atoms with Crippen molar-refractivity contribution in [3.63, 3.8) is 0 Å². The summed E-state index contributed by atoms with van der Waals surface area (Å²) in [5.41, 5.74) is 2.54. The van der Waals surface area contributed by atoms with Gasteiger partial charge in [0.2, 0.25) is 0 Å². The minimum Gasteiger partial charge on any atom is -0.250 e. The summed E-state index contributed by atoms with van der Waals surface area (Å²) < 4.78 is 0. The average molecular weight is 220 g/mol. The standard InChI is InChI=1S/C11H10ClN3/c1-8-3-2-4-10(14-8)11-13-6-5-9(7-12)15-11/h2-6H,7H2,1H3. The Hall–Kier alpha value is -1.48. The number of aryl methyl sites for hydroxylation is 1. The summed E-state index contributed by atoms with van der Waals surface area (Å²) in [6, 6.07) is 7.57. The van der Waals surface area contributed by atoms with E-state index >= 15 is 0 Å². The molecule has 4 heteroatoms. The Morgan fingerprint density at radius 3 is 2.80 bits per heavy atom. The third-order valence-electron chi connectivity index (χ3n) is 1.97. The highest BCUT2D eigenvalue weighted by atomic mass is 35.5. The molecule has 0 saturated heterocycles. The second kappa shape index (κ2) is 4.36. The molecule has 0 aliphatic heterocycles. The zero-order valence-electron chi connectivity index (χ0n) is 8.31. The van der Waals surface area contributed by atoms with Crippen LogP contribution in [0.3, 0.4) is 0 Å². The zero-order valence-corrected chi connectivity index (χ0v) is 9.07. The molecule has 15 heavy (non-hydrogen) atoms. The van der Waals surface area contributed by atoms with Crippen molar-refractivity contribution in [1.82, 2.24) is 15.0 Å². The first-order valence-electron chi connectivity index (χ1n) is 4.61. The van der Waals surface area contributed by atoms with E-state index in [9.17, 15) is 0 Å². The van der Waals surface area contributed by atoms with Gasteiger partial charge in [-0.1, -0.05) is 6.07 Å². The van der Waals surface area contributed by atoms with E-state index in [1.807, 2.05) is 25.1 Å². The molecule has 3 nitrogen and oxygen atoms in total. The molecule has 0 aliphatic carbocycles. The molecule has 76 valence electrons. The Bertz CT molecular complexity index is 471. The van der Waals surface area contributed by atoms with Crippen LogP contribution in [0.4, 0.5) is 0 Å². The molecule has 0 unspecified atom stereocenters. The number of alkyl halides is 1. The summed E-state index contributed by atoms with van der Waals surface area (Å²) in [6.45, 7) is 1.94. The van der Waals surface area contributed by atoms with Crippen LogP contribution in [0.2, 0.25) is 0 Å². The highest BCUT2D eigenvalue weighted by molar-refractivity contribution is 6.16. The van der Waals surface area contributed by atoms with Crippen molar-refractivity contribution in [2.24, 2.45) is 0 Å². The van der Waals surface area contributed by atoms with Crippen molar-refractivity contribution in [3.05, 3.63) is 41.9 Å². The van der Waals surface area contributed by atoms with Crippen molar-refractivity contribution in [1.29, 1.82) is 0 Å². The molecule has 0 radical (unpaired) electrons. The molecule has 2 aromatic rings. The molecule has 0 aliphatic rings. The van der Waals surface area contributed by atoms with E-state index in [1.165, 1.54) is 0 Å². The fourth-order valence-electron chi connectivity index (χ4n) is 1.26. The van der Waals surface area contributed by atoms with E-state index < -0.39 is 0 Å². The Kier molecular flexibility index (Phi) is 2.92. The highest BCUT2D eigenvalue weighted by Crippen LogP contribution is 2.12. The summed E-state index contributed by atoms with van der Waals surface area (Å²) in [5, 5.41) is 0. The van der Waals surface area contributed by atoms with Gasteiger partial charge in [0.05, 0.1) is 11.6 Å². The van der Waals surface area contributed by atoms with E-state index in [2.05, 4.69) is 15.0 Å². The minimum absolute atomic E-state index is 0.390. The Labute approximate surface area is 93.2 Å². The number of rotatable bonds is 2. The average Bonchev–Trinajstić information content (AvgIpc) is 2.29. The van der Waals surface area contributed by atoms with Crippen LogP contribution in [0.5, 0.6) is 0 Å². The minimum atomic E-state index is 0.390. The van der Waals surface area contributed by atoms with Gasteiger partial charge in [-0.15, -0.1) is 11.6 Å². The van der Waals surface area contributed by atoms with E-state index in [0.29, 0.717) is 11.7 Å². The SMILES string of the molecule is Cc1cccc(-c2nccc(CCl)n2)n1. The molecule has 0 amide bonds.